The minimum absolute atomic E-state index is 0.0700. The van der Waals surface area contributed by atoms with E-state index in [4.69, 9.17) is 14.2 Å². The lowest BCUT2D eigenvalue weighted by Gasteiger charge is -2.25. The third kappa shape index (κ3) is 4.46. The first kappa shape index (κ1) is 19.8. The van der Waals surface area contributed by atoms with Crippen LogP contribution in [-0.4, -0.2) is 35.3 Å². The van der Waals surface area contributed by atoms with E-state index in [0.717, 1.165) is 11.1 Å². The van der Waals surface area contributed by atoms with Gasteiger partial charge in [-0.3, -0.25) is 0 Å². The van der Waals surface area contributed by atoms with Gasteiger partial charge in [0.25, 0.3) is 0 Å². The lowest BCUT2D eigenvalue weighted by atomic mass is 9.85. The molecule has 3 aromatic rings. The molecule has 3 rings (SSSR count). The van der Waals surface area contributed by atoms with Crippen molar-refractivity contribution in [3.05, 3.63) is 60.7 Å². The predicted octanol–water partition coefficient (Wildman–Crippen LogP) is 4.65. The van der Waals surface area contributed by atoms with Gasteiger partial charge in [0.15, 0.2) is 0 Å². The normalized spacial score (nSPS) is 11.3. The Morgan fingerprint density at radius 2 is 1.75 bits per heavy atom. The van der Waals surface area contributed by atoms with Gasteiger partial charge in [0.1, 0.15) is 12.1 Å². The van der Waals surface area contributed by atoms with Crippen molar-refractivity contribution in [2.75, 3.05) is 20.3 Å². The van der Waals surface area contributed by atoms with Crippen LogP contribution in [0.1, 0.15) is 26.3 Å². The number of aromatic nitrogens is 3. The van der Waals surface area contributed by atoms with Crippen LogP contribution in [0.15, 0.2) is 55.1 Å². The van der Waals surface area contributed by atoms with Crippen LogP contribution < -0.4 is 9.47 Å². The monoisotopic (exact) mass is 379 g/mol. The Kier molecular flexibility index (Phi) is 6.21. The third-order valence-corrected chi connectivity index (χ3v) is 4.45. The lowest BCUT2D eigenvalue weighted by Crippen LogP contribution is -2.24. The van der Waals surface area contributed by atoms with Gasteiger partial charge in [0, 0.05) is 24.4 Å². The van der Waals surface area contributed by atoms with E-state index >= 15 is 0 Å². The minimum atomic E-state index is -0.0700. The second kappa shape index (κ2) is 8.80. The molecule has 2 heterocycles. The Morgan fingerprint density at radius 1 is 0.964 bits per heavy atom. The van der Waals surface area contributed by atoms with Crippen LogP contribution in [0.3, 0.4) is 0 Å². The summed E-state index contributed by atoms with van der Waals surface area (Å²) in [5.74, 6) is 1.64. The fourth-order valence-electron chi connectivity index (χ4n) is 2.87. The van der Waals surface area contributed by atoms with Crippen LogP contribution in [0.25, 0.3) is 11.1 Å². The van der Waals surface area contributed by atoms with Crippen LogP contribution in [0.5, 0.6) is 17.5 Å². The summed E-state index contributed by atoms with van der Waals surface area (Å²) in [6, 6.07) is 11.8. The quantitative estimate of drug-likeness (QED) is 0.567. The Balaban J connectivity index is 1.85. The maximum atomic E-state index is 6.06. The SMILES string of the molecule is CCOCC(C)(C)c1ccc(Oc2ncccc2-c2cncnc2OC)cc1. The van der Waals surface area contributed by atoms with Gasteiger partial charge in [-0.2, -0.15) is 0 Å². The van der Waals surface area contributed by atoms with Gasteiger partial charge in [0.2, 0.25) is 11.8 Å². The molecule has 0 saturated carbocycles. The molecule has 0 amide bonds. The first-order valence-electron chi connectivity index (χ1n) is 9.20. The van der Waals surface area contributed by atoms with Crippen molar-refractivity contribution in [3.63, 3.8) is 0 Å². The maximum Gasteiger partial charge on any atom is 0.227 e. The van der Waals surface area contributed by atoms with Gasteiger partial charge in [-0.15, -0.1) is 0 Å². The van der Waals surface area contributed by atoms with Gasteiger partial charge >= 0.3 is 0 Å². The molecule has 6 nitrogen and oxygen atoms in total. The molecule has 0 aliphatic heterocycles. The van der Waals surface area contributed by atoms with Gasteiger partial charge in [-0.25, -0.2) is 15.0 Å². The molecular formula is C22H25N3O3. The van der Waals surface area contributed by atoms with Gasteiger partial charge in [0.05, 0.1) is 24.8 Å². The topological polar surface area (TPSA) is 66.4 Å². The molecule has 0 N–H and O–H groups in total. The number of nitrogens with zero attached hydrogens (tertiary/aromatic N) is 3. The highest BCUT2D eigenvalue weighted by molar-refractivity contribution is 5.72. The molecule has 0 fully saturated rings. The van der Waals surface area contributed by atoms with Crippen LogP contribution in [0.2, 0.25) is 0 Å². The zero-order valence-electron chi connectivity index (χ0n) is 16.7. The zero-order chi connectivity index (χ0) is 20.0. The number of ether oxygens (including phenoxy) is 3. The van der Waals surface area contributed by atoms with Crippen molar-refractivity contribution in [1.82, 2.24) is 15.0 Å². The Labute approximate surface area is 165 Å². The largest absolute Gasteiger partial charge is 0.480 e. The summed E-state index contributed by atoms with van der Waals surface area (Å²) in [5.41, 5.74) is 2.61. The van der Waals surface area contributed by atoms with E-state index in [2.05, 4.69) is 40.9 Å². The molecule has 0 atom stereocenters. The lowest BCUT2D eigenvalue weighted by molar-refractivity contribution is 0.105. The van der Waals surface area contributed by atoms with E-state index in [-0.39, 0.29) is 5.41 Å². The smallest absolute Gasteiger partial charge is 0.227 e. The average Bonchev–Trinajstić information content (AvgIpc) is 2.73. The summed E-state index contributed by atoms with van der Waals surface area (Å²) < 4.78 is 17.0. The minimum Gasteiger partial charge on any atom is -0.480 e. The molecule has 2 aromatic heterocycles. The van der Waals surface area contributed by atoms with E-state index in [9.17, 15) is 0 Å². The summed E-state index contributed by atoms with van der Waals surface area (Å²) in [5, 5.41) is 0. The highest BCUT2D eigenvalue weighted by Crippen LogP contribution is 2.35. The highest BCUT2D eigenvalue weighted by Gasteiger charge is 2.21. The average molecular weight is 379 g/mol. The molecular weight excluding hydrogens is 354 g/mol. The maximum absolute atomic E-state index is 6.06. The van der Waals surface area contributed by atoms with Crippen LogP contribution >= 0.6 is 0 Å². The molecule has 0 aliphatic carbocycles. The number of methoxy groups -OCH3 is 1. The summed E-state index contributed by atoms with van der Waals surface area (Å²) >= 11 is 0. The molecule has 0 saturated heterocycles. The van der Waals surface area contributed by atoms with Crippen molar-refractivity contribution in [2.45, 2.75) is 26.2 Å². The zero-order valence-corrected chi connectivity index (χ0v) is 16.7. The number of pyridine rings is 1. The van der Waals surface area contributed by atoms with Crippen molar-refractivity contribution in [3.8, 4) is 28.6 Å². The van der Waals surface area contributed by atoms with Crippen LogP contribution in [0.4, 0.5) is 0 Å². The number of benzene rings is 1. The Bertz CT molecular complexity index is 911. The van der Waals surface area contributed by atoms with E-state index in [1.54, 1.807) is 19.5 Å². The molecule has 1 aromatic carbocycles. The molecule has 146 valence electrons. The second-order valence-corrected chi connectivity index (χ2v) is 6.95. The molecule has 0 radical (unpaired) electrons. The van der Waals surface area contributed by atoms with E-state index in [0.29, 0.717) is 30.7 Å². The van der Waals surface area contributed by atoms with Crippen molar-refractivity contribution in [1.29, 1.82) is 0 Å². The van der Waals surface area contributed by atoms with Crippen LogP contribution in [-0.2, 0) is 10.2 Å². The van der Waals surface area contributed by atoms with Crippen LogP contribution in [0, 0.1) is 0 Å². The van der Waals surface area contributed by atoms with E-state index in [1.807, 2.05) is 31.2 Å². The summed E-state index contributed by atoms with van der Waals surface area (Å²) in [4.78, 5) is 12.6. The summed E-state index contributed by atoms with van der Waals surface area (Å²) in [6.45, 7) is 7.71. The summed E-state index contributed by atoms with van der Waals surface area (Å²) in [7, 11) is 1.57. The van der Waals surface area contributed by atoms with Gasteiger partial charge < -0.3 is 14.2 Å². The molecule has 0 spiro atoms. The number of hydrogen-bond acceptors (Lipinski definition) is 6. The standard InChI is InChI=1S/C22H25N3O3/c1-5-27-14-22(2,3)16-8-10-17(11-9-16)28-21-18(7-6-12-24-21)19-13-23-15-25-20(19)26-4/h6-13,15H,5,14H2,1-4H3. The number of rotatable bonds is 8. The second-order valence-electron chi connectivity index (χ2n) is 6.95. The Morgan fingerprint density at radius 3 is 2.46 bits per heavy atom. The first-order valence-corrected chi connectivity index (χ1v) is 9.20. The van der Waals surface area contributed by atoms with Crippen molar-refractivity contribution < 1.29 is 14.2 Å². The number of hydrogen-bond donors (Lipinski definition) is 0. The molecule has 28 heavy (non-hydrogen) atoms. The molecule has 0 aliphatic rings. The van der Waals surface area contributed by atoms with Crippen molar-refractivity contribution in [2.24, 2.45) is 0 Å². The van der Waals surface area contributed by atoms with E-state index < -0.39 is 0 Å². The first-order chi connectivity index (χ1) is 13.5. The molecule has 6 heteroatoms. The van der Waals surface area contributed by atoms with Gasteiger partial charge in [-0.1, -0.05) is 26.0 Å². The Hall–Kier alpha value is -2.99. The fourth-order valence-corrected chi connectivity index (χ4v) is 2.87. The molecule has 0 bridgehead atoms. The fraction of sp³-hybridized carbons (Fsp3) is 0.318. The molecule has 0 unspecified atom stereocenters. The highest BCUT2D eigenvalue weighted by atomic mass is 16.5. The summed E-state index contributed by atoms with van der Waals surface area (Å²) in [6.07, 6.45) is 4.83. The predicted molar refractivity (Wildman–Crippen MR) is 108 cm³/mol. The van der Waals surface area contributed by atoms with Gasteiger partial charge in [-0.05, 0) is 36.8 Å². The van der Waals surface area contributed by atoms with E-state index in [1.165, 1.54) is 11.9 Å². The van der Waals surface area contributed by atoms with Crippen molar-refractivity contribution >= 4 is 0 Å². The third-order valence-electron chi connectivity index (χ3n) is 4.45.